The molecule has 1 fully saturated rings. The number of carbonyl (C=O) groups is 1. The lowest BCUT2D eigenvalue weighted by Gasteiger charge is -2.34. The Morgan fingerprint density at radius 2 is 1.65 bits per heavy atom. The summed E-state index contributed by atoms with van der Waals surface area (Å²) >= 11 is 7.55. The maximum Gasteiger partial charge on any atom is 0.251 e. The normalized spacial score (nSPS) is 15.0. The van der Waals surface area contributed by atoms with Gasteiger partial charge in [-0.15, -0.1) is 0 Å². The number of nitrogens with zero attached hydrogens (tertiary/aromatic N) is 2. The van der Waals surface area contributed by atoms with Crippen LogP contribution in [0.25, 0.3) is 0 Å². The molecule has 0 aromatic heterocycles. The molecule has 3 aromatic carbocycles. The van der Waals surface area contributed by atoms with E-state index in [2.05, 4.69) is 10.2 Å². The standard InChI is InChI=1S/C27H29ClFN3O3S2/c28-25-7-4-8-26(29)24(25)20-36-18-13-30-27(33)22-11-9-21(10-12-22)19-31-14-16-32(17-15-31)37(34,35)23-5-2-1-3-6-23/h1-12H,13-20H2,(H,30,33). The van der Waals surface area contributed by atoms with Crippen molar-refractivity contribution >= 4 is 39.3 Å². The van der Waals surface area contributed by atoms with Gasteiger partial charge in [-0.05, 0) is 42.0 Å². The molecule has 1 saturated heterocycles. The van der Waals surface area contributed by atoms with Gasteiger partial charge in [0.15, 0.2) is 0 Å². The van der Waals surface area contributed by atoms with E-state index >= 15 is 0 Å². The molecule has 6 nitrogen and oxygen atoms in total. The number of amides is 1. The number of halogens is 2. The molecular weight excluding hydrogens is 533 g/mol. The molecule has 4 rings (SSSR count). The molecule has 1 amide bonds. The molecular formula is C27H29ClFN3O3S2. The molecule has 0 bridgehead atoms. The van der Waals surface area contributed by atoms with E-state index < -0.39 is 10.0 Å². The number of hydrogen-bond acceptors (Lipinski definition) is 5. The Bertz CT molecular complexity index is 1280. The third-order valence-electron chi connectivity index (χ3n) is 6.17. The van der Waals surface area contributed by atoms with Gasteiger partial charge in [0.1, 0.15) is 5.82 Å². The van der Waals surface area contributed by atoms with E-state index in [0.29, 0.717) is 71.8 Å². The average Bonchev–Trinajstić information content (AvgIpc) is 2.91. The summed E-state index contributed by atoms with van der Waals surface area (Å²) in [5, 5.41) is 3.30. The van der Waals surface area contributed by atoms with Crippen molar-refractivity contribution in [2.45, 2.75) is 17.2 Å². The highest BCUT2D eigenvalue weighted by Gasteiger charge is 2.28. The second kappa shape index (κ2) is 12.9. The van der Waals surface area contributed by atoms with Crippen molar-refractivity contribution in [1.29, 1.82) is 0 Å². The number of nitrogens with one attached hydrogen (secondary N) is 1. The van der Waals surface area contributed by atoms with Gasteiger partial charge in [0, 0.05) is 66.9 Å². The van der Waals surface area contributed by atoms with Crippen LogP contribution in [0.1, 0.15) is 21.5 Å². The van der Waals surface area contributed by atoms with Gasteiger partial charge in [0.05, 0.1) is 4.90 Å². The molecule has 1 aliphatic heterocycles. The Kier molecular flexibility index (Phi) is 9.61. The number of hydrogen-bond donors (Lipinski definition) is 1. The average molecular weight is 562 g/mol. The fourth-order valence-corrected chi connectivity index (χ4v) is 6.71. The van der Waals surface area contributed by atoms with Crippen molar-refractivity contribution in [2.75, 3.05) is 38.5 Å². The summed E-state index contributed by atoms with van der Waals surface area (Å²) < 4.78 is 41.0. The zero-order valence-electron chi connectivity index (χ0n) is 20.3. The van der Waals surface area contributed by atoms with Crippen LogP contribution in [-0.2, 0) is 22.3 Å². The van der Waals surface area contributed by atoms with Gasteiger partial charge < -0.3 is 5.32 Å². The third-order valence-corrected chi connectivity index (χ3v) is 9.43. The van der Waals surface area contributed by atoms with Gasteiger partial charge in [-0.3, -0.25) is 9.69 Å². The van der Waals surface area contributed by atoms with Crippen LogP contribution in [0.2, 0.25) is 5.02 Å². The molecule has 0 aliphatic carbocycles. The lowest BCUT2D eigenvalue weighted by atomic mass is 10.1. The Balaban J connectivity index is 1.19. The van der Waals surface area contributed by atoms with Crippen molar-refractivity contribution in [3.05, 3.63) is 100 Å². The van der Waals surface area contributed by atoms with Crippen LogP contribution in [0.4, 0.5) is 4.39 Å². The summed E-state index contributed by atoms with van der Waals surface area (Å²) in [5.41, 5.74) is 2.12. The summed E-state index contributed by atoms with van der Waals surface area (Å²) in [6.45, 7) is 3.33. The first-order valence-corrected chi connectivity index (χ1v) is 15.0. The van der Waals surface area contributed by atoms with Crippen LogP contribution >= 0.6 is 23.4 Å². The predicted molar refractivity (Wildman–Crippen MR) is 147 cm³/mol. The van der Waals surface area contributed by atoms with Gasteiger partial charge in [0.25, 0.3) is 5.91 Å². The Morgan fingerprint density at radius 3 is 2.32 bits per heavy atom. The van der Waals surface area contributed by atoms with Crippen molar-refractivity contribution < 1.29 is 17.6 Å². The monoisotopic (exact) mass is 561 g/mol. The quantitative estimate of drug-likeness (QED) is 0.365. The topological polar surface area (TPSA) is 69.7 Å². The van der Waals surface area contributed by atoms with Gasteiger partial charge in [-0.2, -0.15) is 16.1 Å². The lowest BCUT2D eigenvalue weighted by Crippen LogP contribution is -2.48. The molecule has 0 spiro atoms. The highest BCUT2D eigenvalue weighted by molar-refractivity contribution is 7.98. The minimum atomic E-state index is -3.46. The maximum absolute atomic E-state index is 13.8. The first-order valence-electron chi connectivity index (χ1n) is 12.0. The van der Waals surface area contributed by atoms with E-state index in [1.165, 1.54) is 22.1 Å². The minimum Gasteiger partial charge on any atom is -0.351 e. The van der Waals surface area contributed by atoms with Crippen molar-refractivity contribution in [1.82, 2.24) is 14.5 Å². The third kappa shape index (κ3) is 7.33. The van der Waals surface area contributed by atoms with Crippen molar-refractivity contribution in [3.8, 4) is 0 Å². The zero-order chi connectivity index (χ0) is 26.3. The molecule has 37 heavy (non-hydrogen) atoms. The Hall–Kier alpha value is -2.43. The number of piperazine rings is 1. The lowest BCUT2D eigenvalue weighted by molar-refractivity contribution is 0.0956. The smallest absolute Gasteiger partial charge is 0.251 e. The molecule has 1 aliphatic rings. The van der Waals surface area contributed by atoms with E-state index in [1.807, 2.05) is 12.1 Å². The molecule has 1 heterocycles. The first-order chi connectivity index (χ1) is 17.8. The van der Waals surface area contributed by atoms with Crippen LogP contribution < -0.4 is 5.32 Å². The number of carbonyl (C=O) groups excluding carboxylic acids is 1. The van der Waals surface area contributed by atoms with Gasteiger partial charge in [0.2, 0.25) is 10.0 Å². The van der Waals surface area contributed by atoms with Crippen LogP contribution in [-0.4, -0.2) is 62.0 Å². The van der Waals surface area contributed by atoms with E-state index in [9.17, 15) is 17.6 Å². The van der Waals surface area contributed by atoms with Gasteiger partial charge in [-0.25, -0.2) is 12.8 Å². The van der Waals surface area contributed by atoms with Crippen molar-refractivity contribution in [2.24, 2.45) is 0 Å². The van der Waals surface area contributed by atoms with Crippen LogP contribution in [0.3, 0.4) is 0 Å². The van der Waals surface area contributed by atoms with E-state index in [4.69, 9.17) is 11.6 Å². The highest BCUT2D eigenvalue weighted by Crippen LogP contribution is 2.23. The van der Waals surface area contributed by atoms with Crippen LogP contribution in [0.5, 0.6) is 0 Å². The summed E-state index contributed by atoms with van der Waals surface area (Å²) in [7, 11) is -3.46. The number of thioether (sulfide) groups is 1. The Morgan fingerprint density at radius 1 is 0.946 bits per heavy atom. The molecule has 196 valence electrons. The molecule has 0 unspecified atom stereocenters. The zero-order valence-corrected chi connectivity index (χ0v) is 22.7. The number of sulfonamides is 1. The molecule has 0 radical (unpaired) electrons. The largest absolute Gasteiger partial charge is 0.351 e. The van der Waals surface area contributed by atoms with Gasteiger partial charge >= 0.3 is 0 Å². The maximum atomic E-state index is 13.8. The molecule has 10 heteroatoms. The fraction of sp³-hybridized carbons (Fsp3) is 0.296. The minimum absolute atomic E-state index is 0.157. The second-order valence-corrected chi connectivity index (χ2v) is 12.1. The SMILES string of the molecule is O=C(NCCSCc1c(F)cccc1Cl)c1ccc(CN2CCN(S(=O)(=O)c3ccccc3)CC2)cc1. The van der Waals surface area contributed by atoms with Crippen molar-refractivity contribution in [3.63, 3.8) is 0 Å². The van der Waals surface area contributed by atoms with E-state index in [1.54, 1.807) is 54.6 Å². The molecule has 0 saturated carbocycles. The molecule has 3 aromatic rings. The van der Waals surface area contributed by atoms with Gasteiger partial charge in [-0.1, -0.05) is 48.0 Å². The van der Waals surface area contributed by atoms with Crippen LogP contribution in [0, 0.1) is 5.82 Å². The number of benzene rings is 3. The predicted octanol–water partition coefficient (Wildman–Crippen LogP) is 4.65. The summed E-state index contributed by atoms with van der Waals surface area (Å²) in [5.74, 6) is 0.613. The molecule has 1 N–H and O–H groups in total. The first kappa shape index (κ1) is 27.6. The molecule has 0 atom stereocenters. The fourth-order valence-electron chi connectivity index (χ4n) is 4.07. The summed E-state index contributed by atoms with van der Waals surface area (Å²) in [6.07, 6.45) is 0. The highest BCUT2D eigenvalue weighted by atomic mass is 35.5. The summed E-state index contributed by atoms with van der Waals surface area (Å²) in [4.78, 5) is 15.0. The summed E-state index contributed by atoms with van der Waals surface area (Å²) in [6, 6.07) is 20.6. The van der Waals surface area contributed by atoms with Crippen LogP contribution in [0.15, 0.2) is 77.7 Å². The second-order valence-electron chi connectivity index (χ2n) is 8.70. The van der Waals surface area contributed by atoms with E-state index in [0.717, 1.165) is 5.56 Å². The number of rotatable bonds is 10. The van der Waals surface area contributed by atoms with E-state index in [-0.39, 0.29) is 11.7 Å². The Labute approximate surface area is 226 Å².